The third kappa shape index (κ3) is 2.31. The van der Waals surface area contributed by atoms with E-state index in [1.165, 1.54) is 12.1 Å². The number of aryl methyl sites for hydroxylation is 1. The van der Waals surface area contributed by atoms with Crippen LogP contribution in [0.2, 0.25) is 0 Å². The van der Waals surface area contributed by atoms with Gasteiger partial charge in [0.1, 0.15) is 11.6 Å². The van der Waals surface area contributed by atoms with Crippen molar-refractivity contribution in [3.05, 3.63) is 65.0 Å². The Kier molecular flexibility index (Phi) is 3.15. The monoisotopic (exact) mass is 234 g/mol. The summed E-state index contributed by atoms with van der Waals surface area (Å²) in [6.45, 7) is 1.87. The van der Waals surface area contributed by atoms with Crippen LogP contribution < -0.4 is 5.73 Å². The molecule has 0 aliphatic carbocycles. The van der Waals surface area contributed by atoms with E-state index in [9.17, 15) is 8.78 Å². The molecule has 0 fully saturated rings. The molecule has 88 valence electrons. The molecule has 1 aromatic heterocycles. The Hall–Kier alpha value is -1.81. The van der Waals surface area contributed by atoms with Gasteiger partial charge >= 0.3 is 0 Å². The van der Waals surface area contributed by atoms with Crippen molar-refractivity contribution in [1.29, 1.82) is 0 Å². The molecule has 1 heterocycles. The van der Waals surface area contributed by atoms with Gasteiger partial charge < -0.3 is 5.73 Å². The second kappa shape index (κ2) is 4.59. The number of benzene rings is 1. The zero-order valence-corrected chi connectivity index (χ0v) is 9.32. The maximum Gasteiger partial charge on any atom is 0.131 e. The van der Waals surface area contributed by atoms with Crippen LogP contribution in [0.1, 0.15) is 22.7 Å². The van der Waals surface area contributed by atoms with E-state index in [0.717, 1.165) is 17.2 Å². The molecule has 0 radical (unpaired) electrons. The van der Waals surface area contributed by atoms with Gasteiger partial charge in [0, 0.05) is 24.0 Å². The number of aromatic nitrogens is 1. The molecule has 0 aliphatic rings. The molecule has 1 atom stereocenters. The predicted molar refractivity (Wildman–Crippen MR) is 61.4 cm³/mol. The van der Waals surface area contributed by atoms with Crippen LogP contribution in [0.5, 0.6) is 0 Å². The van der Waals surface area contributed by atoms with Gasteiger partial charge in [0.15, 0.2) is 0 Å². The predicted octanol–water partition coefficient (Wildman–Crippen LogP) is 2.72. The van der Waals surface area contributed by atoms with Crippen LogP contribution >= 0.6 is 0 Å². The summed E-state index contributed by atoms with van der Waals surface area (Å²) in [5.41, 5.74) is 7.89. The smallest absolute Gasteiger partial charge is 0.131 e. The molecule has 4 heteroatoms. The summed E-state index contributed by atoms with van der Waals surface area (Å²) in [7, 11) is 0. The van der Waals surface area contributed by atoms with Crippen LogP contribution in [-0.2, 0) is 0 Å². The highest BCUT2D eigenvalue weighted by Crippen LogP contribution is 2.24. The first-order chi connectivity index (χ1) is 8.09. The fourth-order valence-corrected chi connectivity index (χ4v) is 1.72. The average Bonchev–Trinajstić information content (AvgIpc) is 2.29. The molecule has 0 amide bonds. The van der Waals surface area contributed by atoms with Gasteiger partial charge in [0.2, 0.25) is 0 Å². The summed E-state index contributed by atoms with van der Waals surface area (Å²) in [5.74, 6) is -1.25. The Bertz CT molecular complexity index is 541. The molecule has 0 aliphatic heterocycles. The third-order valence-electron chi connectivity index (χ3n) is 2.71. The van der Waals surface area contributed by atoms with Crippen LogP contribution in [0.25, 0.3) is 0 Å². The van der Waals surface area contributed by atoms with Gasteiger partial charge in [-0.05, 0) is 30.2 Å². The molecular weight excluding hydrogens is 222 g/mol. The van der Waals surface area contributed by atoms with Crippen molar-refractivity contribution >= 4 is 0 Å². The average molecular weight is 234 g/mol. The molecule has 1 aromatic carbocycles. The molecule has 0 spiro atoms. The van der Waals surface area contributed by atoms with Crippen molar-refractivity contribution in [2.75, 3.05) is 0 Å². The summed E-state index contributed by atoms with van der Waals surface area (Å²) in [6.07, 6.45) is 3.25. The molecular formula is C13H12F2N2. The molecule has 2 N–H and O–H groups in total. The summed E-state index contributed by atoms with van der Waals surface area (Å²) in [4.78, 5) is 3.96. The van der Waals surface area contributed by atoms with Crippen molar-refractivity contribution in [3.8, 4) is 0 Å². The van der Waals surface area contributed by atoms with Gasteiger partial charge in [-0.1, -0.05) is 6.07 Å². The van der Waals surface area contributed by atoms with E-state index in [2.05, 4.69) is 4.98 Å². The first-order valence-corrected chi connectivity index (χ1v) is 5.20. The fourth-order valence-electron chi connectivity index (χ4n) is 1.72. The number of nitrogens with two attached hydrogens (primary N) is 1. The highest BCUT2D eigenvalue weighted by molar-refractivity contribution is 5.35. The lowest BCUT2D eigenvalue weighted by Gasteiger charge is -2.15. The van der Waals surface area contributed by atoms with Crippen molar-refractivity contribution in [2.24, 2.45) is 5.73 Å². The van der Waals surface area contributed by atoms with Crippen molar-refractivity contribution in [3.63, 3.8) is 0 Å². The number of rotatable bonds is 2. The second-order valence-corrected chi connectivity index (χ2v) is 3.88. The summed E-state index contributed by atoms with van der Waals surface area (Å²) in [5, 5.41) is 0. The van der Waals surface area contributed by atoms with E-state index in [-0.39, 0.29) is 5.56 Å². The number of halogens is 2. The Balaban J connectivity index is 2.44. The molecule has 1 unspecified atom stereocenters. The molecule has 0 bridgehead atoms. The first-order valence-electron chi connectivity index (χ1n) is 5.20. The Morgan fingerprint density at radius 1 is 1.18 bits per heavy atom. The number of hydrogen-bond acceptors (Lipinski definition) is 2. The van der Waals surface area contributed by atoms with Crippen LogP contribution in [0.3, 0.4) is 0 Å². The van der Waals surface area contributed by atoms with E-state index in [0.29, 0.717) is 0 Å². The van der Waals surface area contributed by atoms with E-state index in [1.54, 1.807) is 18.5 Å². The molecule has 0 saturated carbocycles. The van der Waals surface area contributed by atoms with Crippen LogP contribution in [0.4, 0.5) is 8.78 Å². The SMILES string of the molecule is Cc1ccncc1C(N)c1ccc(F)cc1F. The Morgan fingerprint density at radius 3 is 2.59 bits per heavy atom. The minimum absolute atomic E-state index is 0.266. The standard InChI is InChI=1S/C13H12F2N2/c1-8-4-5-17-7-11(8)13(16)10-3-2-9(14)6-12(10)15/h2-7,13H,16H2,1H3. The van der Waals surface area contributed by atoms with Gasteiger partial charge in [-0.25, -0.2) is 8.78 Å². The van der Waals surface area contributed by atoms with E-state index >= 15 is 0 Å². The summed E-state index contributed by atoms with van der Waals surface area (Å²) in [6, 6.07) is 4.56. The number of nitrogens with zero attached hydrogens (tertiary/aromatic N) is 1. The number of hydrogen-bond donors (Lipinski definition) is 1. The van der Waals surface area contributed by atoms with Crippen LogP contribution in [0, 0.1) is 18.6 Å². The lowest BCUT2D eigenvalue weighted by atomic mass is 9.97. The zero-order valence-electron chi connectivity index (χ0n) is 9.32. The molecule has 0 saturated heterocycles. The quantitative estimate of drug-likeness (QED) is 0.867. The first kappa shape index (κ1) is 11.7. The van der Waals surface area contributed by atoms with Gasteiger partial charge in [-0.15, -0.1) is 0 Å². The highest BCUT2D eigenvalue weighted by Gasteiger charge is 2.15. The van der Waals surface area contributed by atoms with Crippen molar-refractivity contribution in [2.45, 2.75) is 13.0 Å². The topological polar surface area (TPSA) is 38.9 Å². The van der Waals surface area contributed by atoms with Crippen molar-refractivity contribution in [1.82, 2.24) is 4.98 Å². The van der Waals surface area contributed by atoms with Gasteiger partial charge in [-0.2, -0.15) is 0 Å². The zero-order chi connectivity index (χ0) is 12.4. The molecule has 2 rings (SSSR count). The minimum atomic E-state index is -0.638. The Labute approximate surface area is 98.1 Å². The van der Waals surface area contributed by atoms with Crippen LogP contribution in [-0.4, -0.2) is 4.98 Å². The van der Waals surface area contributed by atoms with Crippen molar-refractivity contribution < 1.29 is 8.78 Å². The third-order valence-corrected chi connectivity index (χ3v) is 2.71. The van der Waals surface area contributed by atoms with Gasteiger partial charge in [-0.3, -0.25) is 4.98 Å². The van der Waals surface area contributed by atoms with Crippen LogP contribution in [0.15, 0.2) is 36.7 Å². The maximum atomic E-state index is 13.6. The van der Waals surface area contributed by atoms with E-state index < -0.39 is 17.7 Å². The van der Waals surface area contributed by atoms with E-state index in [1.807, 2.05) is 6.92 Å². The normalized spacial score (nSPS) is 12.5. The minimum Gasteiger partial charge on any atom is -0.320 e. The lowest BCUT2D eigenvalue weighted by Crippen LogP contribution is -2.15. The lowest BCUT2D eigenvalue weighted by molar-refractivity contribution is 0.565. The fraction of sp³-hybridized carbons (Fsp3) is 0.154. The molecule has 2 nitrogen and oxygen atoms in total. The molecule has 2 aromatic rings. The maximum absolute atomic E-state index is 13.6. The van der Waals surface area contributed by atoms with Gasteiger partial charge in [0.05, 0.1) is 6.04 Å². The van der Waals surface area contributed by atoms with E-state index in [4.69, 9.17) is 5.73 Å². The number of pyridine rings is 1. The largest absolute Gasteiger partial charge is 0.320 e. The second-order valence-electron chi connectivity index (χ2n) is 3.88. The van der Waals surface area contributed by atoms with Gasteiger partial charge in [0.25, 0.3) is 0 Å². The highest BCUT2D eigenvalue weighted by atomic mass is 19.1. The summed E-state index contributed by atoms with van der Waals surface area (Å²) < 4.78 is 26.4. The Morgan fingerprint density at radius 2 is 1.94 bits per heavy atom. The summed E-state index contributed by atoms with van der Waals surface area (Å²) >= 11 is 0. The molecule has 17 heavy (non-hydrogen) atoms.